The van der Waals surface area contributed by atoms with Gasteiger partial charge in [-0.3, -0.25) is 5.10 Å². The van der Waals surface area contributed by atoms with Gasteiger partial charge < -0.3 is 16.9 Å². The average molecular weight is 269 g/mol. The van der Waals surface area contributed by atoms with Crippen LogP contribution < -0.4 is 11.5 Å². The van der Waals surface area contributed by atoms with Gasteiger partial charge in [0.2, 0.25) is 11.0 Å². The van der Waals surface area contributed by atoms with Crippen molar-refractivity contribution < 1.29 is 5.48 Å². The summed E-state index contributed by atoms with van der Waals surface area (Å²) >= 11 is 1.34. The summed E-state index contributed by atoms with van der Waals surface area (Å²) in [6.07, 6.45) is 1.89. The van der Waals surface area contributed by atoms with E-state index in [1.807, 2.05) is 5.38 Å². The molecule has 0 fully saturated rings. The quantitative estimate of drug-likeness (QED) is 0.525. The van der Waals surface area contributed by atoms with Crippen molar-refractivity contribution in [2.75, 3.05) is 0 Å². The van der Waals surface area contributed by atoms with E-state index in [1.54, 1.807) is 0 Å². The molecule has 2 aromatic heterocycles. The minimum Gasteiger partial charge on any atom is -0.412 e. The fourth-order valence-corrected chi connectivity index (χ4v) is 1.97. The van der Waals surface area contributed by atoms with Gasteiger partial charge in [-0.25, -0.2) is 9.97 Å². The lowest BCUT2D eigenvalue weighted by Crippen LogP contribution is -2.21. The predicted molar refractivity (Wildman–Crippen MR) is 70.6 cm³/mol. The summed E-state index contributed by atoms with van der Waals surface area (Å²) in [6.45, 7) is 2.09. The number of aromatic nitrogens is 4. The molecule has 0 spiro atoms. The van der Waals surface area contributed by atoms with Crippen molar-refractivity contribution in [3.8, 4) is 11.5 Å². The topological polar surface area (TPSA) is 150 Å². The van der Waals surface area contributed by atoms with E-state index in [-0.39, 0.29) is 11.4 Å². The van der Waals surface area contributed by atoms with E-state index in [2.05, 4.69) is 32.1 Å². The number of nitrogens with one attached hydrogen (secondary N) is 1. The van der Waals surface area contributed by atoms with Crippen LogP contribution in [0.15, 0.2) is 10.4 Å². The molecular weight excluding hydrogens is 254 g/mol. The van der Waals surface area contributed by atoms with Gasteiger partial charge in [0.15, 0.2) is 5.96 Å². The number of hydrogen-bond acceptors (Lipinski definition) is 5. The highest BCUT2D eigenvalue weighted by atomic mass is 32.1. The van der Waals surface area contributed by atoms with Gasteiger partial charge in [0.25, 0.3) is 0 Å². The summed E-state index contributed by atoms with van der Waals surface area (Å²) in [5.74, 6) is 1.42. The zero-order valence-electron chi connectivity index (χ0n) is 9.84. The second-order valence-electron chi connectivity index (χ2n) is 3.41. The molecular formula is C9H15N7OS. The smallest absolute Gasteiger partial charge is 0.212 e. The first-order chi connectivity index (χ1) is 8.19. The fraction of sp³-hybridized carbons (Fsp3) is 0.333. The summed E-state index contributed by atoms with van der Waals surface area (Å²) in [6, 6.07) is 0. The lowest BCUT2D eigenvalue weighted by molar-refractivity contribution is 0.824. The Bertz CT molecular complexity index is 529. The molecule has 0 saturated carbocycles. The van der Waals surface area contributed by atoms with Crippen LogP contribution in [0.5, 0.6) is 0 Å². The van der Waals surface area contributed by atoms with Gasteiger partial charge >= 0.3 is 0 Å². The first-order valence-corrected chi connectivity index (χ1v) is 6.04. The Balaban J connectivity index is 0.00000162. The van der Waals surface area contributed by atoms with Crippen LogP contribution in [0.4, 0.5) is 5.13 Å². The molecule has 18 heavy (non-hydrogen) atoms. The monoisotopic (exact) mass is 269 g/mol. The molecule has 2 heterocycles. The van der Waals surface area contributed by atoms with Gasteiger partial charge in [0.1, 0.15) is 11.5 Å². The normalized spacial score (nSPS) is 9.83. The van der Waals surface area contributed by atoms with Gasteiger partial charge in [-0.1, -0.05) is 6.92 Å². The molecule has 7 N–H and O–H groups in total. The Labute approximate surface area is 107 Å². The number of nitrogens with two attached hydrogens (primary N) is 2. The van der Waals surface area contributed by atoms with Crippen LogP contribution in [0.25, 0.3) is 11.5 Å². The Morgan fingerprint density at radius 3 is 2.89 bits per heavy atom. The molecule has 0 aliphatic carbocycles. The number of aryl methyl sites for hydroxylation is 1. The first kappa shape index (κ1) is 14.1. The van der Waals surface area contributed by atoms with Crippen molar-refractivity contribution in [3.63, 3.8) is 0 Å². The molecule has 8 nitrogen and oxygen atoms in total. The summed E-state index contributed by atoms with van der Waals surface area (Å²) in [4.78, 5) is 12.4. The average Bonchev–Trinajstić information content (AvgIpc) is 2.86. The number of aromatic amines is 1. The maximum Gasteiger partial charge on any atom is 0.212 e. The van der Waals surface area contributed by atoms with E-state index in [4.69, 9.17) is 11.5 Å². The number of guanidine groups is 1. The van der Waals surface area contributed by atoms with E-state index in [1.165, 1.54) is 11.3 Å². The lowest BCUT2D eigenvalue weighted by atomic mass is 10.3. The first-order valence-electron chi connectivity index (χ1n) is 5.16. The van der Waals surface area contributed by atoms with Gasteiger partial charge in [-0.05, 0) is 6.42 Å². The Kier molecular flexibility index (Phi) is 4.75. The van der Waals surface area contributed by atoms with Gasteiger partial charge in [0, 0.05) is 11.8 Å². The number of rotatable bonds is 4. The standard InChI is InChI=1S/C9H13N7S.H2O/c1-2-3-6-13-7(16-15-6)5-4-17-9(12-5)14-8(10)11;/h4H,2-3H2,1H3,(H,13,15,16)(H4,10,11,12,14);1H2. The van der Waals surface area contributed by atoms with Gasteiger partial charge in [-0.2, -0.15) is 10.1 Å². The Morgan fingerprint density at radius 2 is 2.22 bits per heavy atom. The van der Waals surface area contributed by atoms with Crippen molar-refractivity contribution in [2.45, 2.75) is 19.8 Å². The number of nitrogens with zero attached hydrogens (tertiary/aromatic N) is 4. The van der Waals surface area contributed by atoms with Gasteiger partial charge in [0.05, 0.1) is 0 Å². The molecule has 0 unspecified atom stereocenters. The molecule has 0 amide bonds. The summed E-state index contributed by atoms with van der Waals surface area (Å²) in [5, 5.41) is 9.29. The van der Waals surface area contributed by atoms with E-state index >= 15 is 0 Å². The van der Waals surface area contributed by atoms with Crippen molar-refractivity contribution in [1.82, 2.24) is 20.2 Å². The van der Waals surface area contributed by atoms with Crippen molar-refractivity contribution in [1.29, 1.82) is 0 Å². The maximum atomic E-state index is 5.27. The summed E-state index contributed by atoms with van der Waals surface area (Å²) in [7, 11) is 0. The summed E-state index contributed by atoms with van der Waals surface area (Å²) < 4.78 is 0. The second kappa shape index (κ2) is 6.07. The third kappa shape index (κ3) is 3.25. The second-order valence-corrected chi connectivity index (χ2v) is 4.24. The zero-order chi connectivity index (χ0) is 12.3. The number of aliphatic imine (C=N–C) groups is 1. The highest BCUT2D eigenvalue weighted by Gasteiger charge is 2.09. The van der Waals surface area contributed by atoms with Gasteiger partial charge in [-0.15, -0.1) is 11.3 Å². The highest BCUT2D eigenvalue weighted by Crippen LogP contribution is 2.24. The third-order valence-electron chi connectivity index (χ3n) is 1.96. The number of hydrogen-bond donors (Lipinski definition) is 3. The fourth-order valence-electron chi connectivity index (χ4n) is 1.29. The molecule has 0 aromatic carbocycles. The number of thiazole rings is 1. The van der Waals surface area contributed by atoms with E-state index in [0.29, 0.717) is 16.6 Å². The lowest BCUT2D eigenvalue weighted by Gasteiger charge is -1.87. The minimum absolute atomic E-state index is 0. The highest BCUT2D eigenvalue weighted by molar-refractivity contribution is 7.13. The SMILES string of the molecule is CCCc1nc(-c2csc(N=C(N)N)n2)n[nH]1.O. The number of H-pyrrole nitrogens is 1. The van der Waals surface area contributed by atoms with E-state index in [0.717, 1.165) is 18.7 Å². The zero-order valence-corrected chi connectivity index (χ0v) is 10.7. The maximum absolute atomic E-state index is 5.27. The minimum atomic E-state index is -0.00689. The van der Waals surface area contributed by atoms with Crippen LogP contribution in [0.1, 0.15) is 19.2 Å². The van der Waals surface area contributed by atoms with E-state index < -0.39 is 0 Å². The van der Waals surface area contributed by atoms with Crippen molar-refractivity contribution in [2.24, 2.45) is 16.5 Å². The predicted octanol–water partition coefficient (Wildman–Crippen LogP) is -0.0391. The van der Waals surface area contributed by atoms with Crippen LogP contribution in [-0.2, 0) is 6.42 Å². The Hall–Kier alpha value is -2.00. The molecule has 0 aliphatic rings. The molecule has 0 saturated heterocycles. The molecule has 2 rings (SSSR count). The molecule has 98 valence electrons. The van der Waals surface area contributed by atoms with Crippen LogP contribution in [-0.4, -0.2) is 31.6 Å². The van der Waals surface area contributed by atoms with Crippen LogP contribution in [0.2, 0.25) is 0 Å². The van der Waals surface area contributed by atoms with Crippen LogP contribution in [0.3, 0.4) is 0 Å². The molecule has 0 bridgehead atoms. The molecule has 0 radical (unpaired) electrons. The Morgan fingerprint density at radius 1 is 1.44 bits per heavy atom. The third-order valence-corrected chi connectivity index (χ3v) is 2.70. The van der Waals surface area contributed by atoms with Crippen molar-refractivity contribution >= 4 is 22.4 Å². The largest absolute Gasteiger partial charge is 0.412 e. The molecule has 0 aliphatic heterocycles. The molecule has 2 aromatic rings. The van der Waals surface area contributed by atoms with E-state index in [9.17, 15) is 0 Å². The summed E-state index contributed by atoms with van der Waals surface area (Å²) in [5.41, 5.74) is 11.2. The van der Waals surface area contributed by atoms with Crippen molar-refractivity contribution in [3.05, 3.63) is 11.2 Å². The van der Waals surface area contributed by atoms with Crippen LogP contribution >= 0.6 is 11.3 Å². The molecule has 9 heteroatoms. The molecule has 0 atom stereocenters. The van der Waals surface area contributed by atoms with Crippen LogP contribution in [0, 0.1) is 0 Å².